The van der Waals surface area contributed by atoms with Crippen LogP contribution in [0, 0.1) is 301 Å². The van der Waals surface area contributed by atoms with Crippen molar-refractivity contribution in [1.29, 1.82) is 0 Å². The van der Waals surface area contributed by atoms with E-state index in [0.717, 1.165) is 95.4 Å². The second-order valence-electron chi connectivity index (χ2n) is 39.5. The van der Waals surface area contributed by atoms with E-state index in [9.17, 15) is 49.8 Å². The first-order valence-electron chi connectivity index (χ1n) is 48.7. The number of hydrogen-bond donors (Lipinski definition) is 17. The van der Waals surface area contributed by atoms with Crippen molar-refractivity contribution in [3.8, 4) is 0 Å². The average molecular weight is 2650 g/mol. The predicted octanol–water partition coefficient (Wildman–Crippen LogP) is 16.8. The molecule has 0 unspecified atom stereocenters. The molecule has 8 aliphatic rings. The molecule has 29 heteroatoms. The molecule has 0 aromatic carbocycles. The molecule has 0 bridgehead atoms. The first kappa shape index (κ1) is 140. The van der Waals surface area contributed by atoms with Gasteiger partial charge in [0.2, 0.25) is 0 Å². The number of carbonyl (C=O) groups excluding carboxylic acids is 2. The molecule has 23 nitrogen and oxygen atoms in total. The van der Waals surface area contributed by atoms with E-state index < -0.39 is 60.2 Å². The normalized spacial score (nSPS) is 21.3. The van der Waals surface area contributed by atoms with Gasteiger partial charge in [-0.15, -0.1) is 13.0 Å². The van der Waals surface area contributed by atoms with Crippen LogP contribution < -0.4 is 37.2 Å². The molecule has 7 aliphatic carbocycles. The quantitative estimate of drug-likeness (QED) is 0.0153. The van der Waals surface area contributed by atoms with Gasteiger partial charge in [-0.3, -0.25) is 11.2 Å². The maximum absolute atomic E-state index is 11.6. The second-order valence-corrected chi connectivity index (χ2v) is 39.5. The number of hydrogen-bond acceptors (Lipinski definition) is 20. The Morgan fingerprint density at radius 3 is 0.905 bits per heavy atom. The zero-order valence-corrected chi connectivity index (χ0v) is 94.0. The summed E-state index contributed by atoms with van der Waals surface area (Å²) < 4.78 is 5.40. The van der Waals surface area contributed by atoms with Gasteiger partial charge in [0, 0.05) is 331 Å². The van der Waals surface area contributed by atoms with Gasteiger partial charge in [0.15, 0.2) is 6.10 Å². The van der Waals surface area contributed by atoms with Gasteiger partial charge in [-0.2, -0.15) is 6.61 Å². The van der Waals surface area contributed by atoms with Crippen molar-refractivity contribution in [1.82, 2.24) is 37.2 Å². The van der Waals surface area contributed by atoms with E-state index in [-0.39, 0.29) is 313 Å². The molecule has 18 N–H and O–H groups in total. The third kappa shape index (κ3) is 69.9. The van der Waals surface area contributed by atoms with Crippen LogP contribution in [-0.2, 0) is 23.9 Å². The van der Waals surface area contributed by atoms with Crippen LogP contribution in [0.5, 0.6) is 0 Å². The topological polar surface area (TPSA) is 388 Å². The molecule has 7 saturated carbocycles. The molecular formula is C97H186Gd6N8O15-4. The molecule has 756 valence electrons. The van der Waals surface area contributed by atoms with Gasteiger partial charge >= 0.3 is 11.9 Å². The number of ketones is 1. The fraction of sp³-hybridized carbons (Fsp3) is 0.907. The van der Waals surface area contributed by atoms with E-state index in [4.69, 9.17) is 30.9 Å². The summed E-state index contributed by atoms with van der Waals surface area (Å²) in [6.45, 7) is 35.2. The van der Waals surface area contributed by atoms with Gasteiger partial charge in [0.05, 0.1) is 30.3 Å². The number of nitrogens with one attached hydrogen (secondary N) is 8. The Balaban J connectivity index is -0.000000449. The first-order valence-corrected chi connectivity index (χ1v) is 48.7. The molecule has 0 aromatic heterocycles. The molecule has 1 amide bonds. The van der Waals surface area contributed by atoms with Crippen molar-refractivity contribution in [3.63, 3.8) is 0 Å². The SMILES string of the molecule is C=C[C@H](O)[C@H](CC1CCCCC1)NC(C)C.CC(C)N[C@@H](CC1CCCCC1)C(=O)C(=O)O.CC(C)N[C@@H](CC1CCCCC1)[C@@H](O)C(=O)O.CC(C)N[C@@H](CC1CCCCC1)[C@@H](O)CC([NH-])=O.CC(C)N[C@@H](CC1CCCCC1)[C@@H](O)C[C@@H]1[CH-]CO1.CC(C)N[C@@H](CC1CCCCC1)[C@@H](O)C[CH-]O.CC(C)N[C@@H](CC1CCCCC1)[C@@H](O)[CH-]O.[Gd].[Gd].[Gd].[Gd].[Gd].[Gd]. The second kappa shape index (κ2) is 85.7. The van der Waals surface area contributed by atoms with Crippen molar-refractivity contribution in [3.05, 3.63) is 38.0 Å². The van der Waals surface area contributed by atoms with Crippen LogP contribution in [0.3, 0.4) is 0 Å². The van der Waals surface area contributed by atoms with Gasteiger partial charge in [0.1, 0.15) is 0 Å². The summed E-state index contributed by atoms with van der Waals surface area (Å²) >= 11 is 0. The number of amides is 1. The Labute approximate surface area is 960 Å². The summed E-state index contributed by atoms with van der Waals surface area (Å²) in [6.07, 6.45) is 52.9. The number of carboxylic acid groups (broad SMARTS) is 2. The molecule has 126 heavy (non-hydrogen) atoms. The van der Waals surface area contributed by atoms with E-state index >= 15 is 0 Å². The van der Waals surface area contributed by atoms with Gasteiger partial charge in [0.25, 0.3) is 5.78 Å². The maximum Gasteiger partial charge on any atom is 0.373 e. The molecule has 14 atom stereocenters. The smallest absolute Gasteiger partial charge is 0.373 e. The fourth-order valence-corrected chi connectivity index (χ4v) is 19.6. The summed E-state index contributed by atoms with van der Waals surface area (Å²) in [5, 5.41) is 119. The van der Waals surface area contributed by atoms with E-state index in [0.29, 0.717) is 60.7 Å². The minimum Gasteiger partial charge on any atom is -0.668 e. The summed E-state index contributed by atoms with van der Waals surface area (Å²) in [6, 6.07) is 1.78. The van der Waals surface area contributed by atoms with Gasteiger partial charge < -0.3 is 104 Å². The Morgan fingerprint density at radius 2 is 0.643 bits per heavy atom. The third-order valence-electron chi connectivity index (χ3n) is 25.6. The van der Waals surface area contributed by atoms with Crippen LogP contribution in [0.25, 0.3) is 5.73 Å². The summed E-state index contributed by atoms with van der Waals surface area (Å²) in [7, 11) is 0. The Hall–Kier alpha value is 5.13. The van der Waals surface area contributed by atoms with Gasteiger partial charge in [-0.25, -0.2) is 16.2 Å². The van der Waals surface area contributed by atoms with E-state index in [2.05, 4.69) is 106 Å². The molecule has 1 aliphatic heterocycles. The van der Waals surface area contributed by atoms with Crippen molar-refractivity contribution in [2.45, 2.75) is 513 Å². The van der Waals surface area contributed by atoms with Crippen molar-refractivity contribution >= 4 is 23.6 Å². The van der Waals surface area contributed by atoms with Crippen molar-refractivity contribution < 1.29 is 315 Å². The van der Waals surface area contributed by atoms with Gasteiger partial charge in [-0.1, -0.05) is 340 Å². The molecule has 0 spiro atoms. The minimum absolute atomic E-state index is 0. The van der Waals surface area contributed by atoms with Crippen LogP contribution >= 0.6 is 0 Å². The number of rotatable bonds is 45. The van der Waals surface area contributed by atoms with E-state index in [1.165, 1.54) is 212 Å². The van der Waals surface area contributed by atoms with Crippen molar-refractivity contribution in [2.75, 3.05) is 6.61 Å². The number of ether oxygens (including phenoxy) is 1. The Bertz CT molecular complexity index is 2550. The van der Waals surface area contributed by atoms with Gasteiger partial charge in [-0.05, 0) is 98.9 Å². The Kier molecular flexibility index (Phi) is 94.9. The van der Waals surface area contributed by atoms with Crippen molar-refractivity contribution in [2.24, 2.45) is 41.4 Å². The summed E-state index contributed by atoms with van der Waals surface area (Å²) in [5.74, 6) is 0.949. The van der Waals surface area contributed by atoms with Crippen LogP contribution in [0.2, 0.25) is 0 Å². The molecule has 1 heterocycles. The molecular weight excluding hydrogens is 2460 g/mol. The standard InChI is InChI=1S/C16H30NO2.C14H28N2O2.C14H28NO2.C14H27NO.C13H25NO3.C13H23NO3.C13H26NO2.6Gd/c1-12(2)17-15(10-13-6-4-3-5-7-13)16(18)11-14-8-9-19-14;1-10(2)16-12(13(17)9-14(15)18)8-11-6-4-3-5-7-11;1-11(2)15-13(14(17)8-9-16)10-12-6-4-3-5-7-12;1-4-14(16)13(15-11(2)3)10-12-8-6-5-7-9-12;2*1-9(2)14-11(12(15)13(16)17)8-10-6-4-3-5-7-10;1-10(2)14-12(13(16)9-15)8-11-6-4-3-5-7-11;;;;;;/h8,12-18H,3-7,9-11H2,1-2H3;10-13,16-17H,3-9H2,1-2H3,(H2,15,18);9,11-17H,3-8,10H2,1-2H3;4,11-16H,1,5-10H2,2-3H3;9-12,14-15H,3-8H2,1-2H3,(H,16,17);9-11,14H,3-8H2,1-2H3,(H,16,17);9-16H,3-8H2,1-2H3;;;;;;/q-1;;-1;;;;-1;;;;;;/p-1/t14-,15-,16-;12-,13-;2*13-,14-;11-,12+;11-;12-,13-;;;;;;/m0000000....../s1. The third-order valence-corrected chi connectivity index (χ3v) is 25.6. The van der Waals surface area contributed by atoms with Crippen LogP contribution in [0.15, 0.2) is 12.7 Å². The number of carbonyl (C=O) groups is 4. The number of aliphatic carboxylic acids is 2. The molecule has 8 fully saturated rings. The largest absolute Gasteiger partial charge is 0.668 e. The molecule has 1 saturated heterocycles. The fourth-order valence-electron chi connectivity index (χ4n) is 19.6. The van der Waals surface area contributed by atoms with Crippen LogP contribution in [0.1, 0.15) is 386 Å². The molecule has 0 radical (unpaired) electrons. The predicted molar refractivity (Wildman–Crippen MR) is 489 cm³/mol. The molecule has 0 aromatic rings. The summed E-state index contributed by atoms with van der Waals surface area (Å²) in [5.41, 5.74) is 6.98. The van der Waals surface area contributed by atoms with Crippen LogP contribution in [-0.4, -0.2) is 209 Å². The monoisotopic (exact) mass is 2650 g/mol. The number of Topliss-reactive ketones (excluding diaryl/α,β-unsaturated/α-hetero) is 1. The minimum atomic E-state index is -1.32. The number of aliphatic hydroxyl groups excluding tert-OH is 8. The number of aliphatic hydroxyl groups is 8. The van der Waals surface area contributed by atoms with E-state index in [1.807, 2.05) is 41.5 Å². The molecule has 8 rings (SSSR count). The zero-order valence-electron chi connectivity index (χ0n) is 80.3. The Morgan fingerprint density at radius 1 is 0.381 bits per heavy atom. The van der Waals surface area contributed by atoms with E-state index in [1.54, 1.807) is 6.08 Å². The first-order chi connectivity index (χ1) is 57.0. The average Bonchev–Trinajstić information content (AvgIpc) is 0.901. The maximum atomic E-state index is 11.6. The zero-order chi connectivity index (χ0) is 89.5. The van der Waals surface area contributed by atoms with Crippen LogP contribution in [0.4, 0.5) is 0 Å². The number of carboxylic acids is 2. The summed E-state index contributed by atoms with van der Waals surface area (Å²) in [4.78, 5) is 44.1.